The molecule has 0 atom stereocenters. The summed E-state index contributed by atoms with van der Waals surface area (Å²) < 4.78 is 0. The second-order valence-electron chi connectivity index (χ2n) is 11.7. The van der Waals surface area contributed by atoms with Crippen molar-refractivity contribution in [3.05, 3.63) is 58.7 Å². The Morgan fingerprint density at radius 1 is 0.519 bits per heavy atom. The van der Waals surface area contributed by atoms with E-state index < -0.39 is 0 Å². The van der Waals surface area contributed by atoms with Gasteiger partial charge in [0.05, 0.1) is 0 Å². The minimum absolute atomic E-state index is 0. The summed E-state index contributed by atoms with van der Waals surface area (Å²) in [5.74, 6) is 0. The van der Waals surface area contributed by atoms with E-state index in [2.05, 4.69) is 119 Å². The molecule has 0 aromatic heterocycles. The van der Waals surface area contributed by atoms with Gasteiger partial charge in [-0.2, -0.15) is 23.3 Å². The smallest absolute Gasteiger partial charge is 0.213 e. The molecule has 1 heteroatoms. The second kappa shape index (κ2) is 9.26. The normalized spacial score (nSPS) is 12.9. The van der Waals surface area contributed by atoms with Crippen LogP contribution in [-0.2, 0) is 21.7 Å². The van der Waals surface area contributed by atoms with E-state index in [1.807, 2.05) is 0 Å². The van der Waals surface area contributed by atoms with Gasteiger partial charge in [0, 0.05) is 0 Å². The molecule has 0 aliphatic rings. The van der Waals surface area contributed by atoms with E-state index in [1.165, 1.54) is 22.3 Å². The quantitative estimate of drug-likeness (QED) is 0.326. The van der Waals surface area contributed by atoms with Crippen molar-refractivity contribution in [2.45, 2.75) is 105 Å². The average Bonchev–Trinajstić information content (AvgIpc) is 3.06. The zero-order valence-corrected chi connectivity index (χ0v) is 23.1. The Balaban J connectivity index is 0.000000483. The van der Waals surface area contributed by atoms with Gasteiger partial charge in [-0.05, 0) is 10.8 Å². The van der Waals surface area contributed by atoms with Crippen LogP contribution in [0.15, 0.2) is 36.4 Å². The van der Waals surface area contributed by atoms with E-state index in [0.717, 1.165) is 0 Å². The Bertz CT molecular complexity index is 563. The first-order valence-corrected chi connectivity index (χ1v) is 9.99. The first kappa shape index (κ1) is 27.1. The maximum Gasteiger partial charge on any atom is 3.00 e. The van der Waals surface area contributed by atoms with Crippen LogP contribution < -0.4 is 0 Å². The van der Waals surface area contributed by atoms with Crippen molar-refractivity contribution in [1.29, 1.82) is 0 Å². The number of hydrogen-bond acceptors (Lipinski definition) is 0. The van der Waals surface area contributed by atoms with E-state index in [1.54, 1.807) is 0 Å². The molecule has 0 N–H and O–H groups in total. The summed E-state index contributed by atoms with van der Waals surface area (Å²) in [6.07, 6.45) is 0. The number of hydrogen-bond donors (Lipinski definition) is 0. The van der Waals surface area contributed by atoms with Crippen molar-refractivity contribution >= 4 is 0 Å². The predicted molar refractivity (Wildman–Crippen MR) is 119 cm³/mol. The minimum atomic E-state index is 0. The summed E-state index contributed by atoms with van der Waals surface area (Å²) in [7, 11) is 0. The van der Waals surface area contributed by atoms with Crippen molar-refractivity contribution in [3.63, 3.8) is 0 Å². The van der Waals surface area contributed by atoms with Gasteiger partial charge in [-0.25, -0.2) is 24.3 Å². The zero-order chi connectivity index (χ0) is 20.6. The molecular formula is C26H42Ce+. The Kier molecular flexibility index (Phi) is 9.29. The molecule has 149 valence electrons. The van der Waals surface area contributed by atoms with Gasteiger partial charge in [0.25, 0.3) is 0 Å². The summed E-state index contributed by atoms with van der Waals surface area (Å²) in [6, 6.07) is 13.3. The molecule has 1 radical (unpaired) electrons. The summed E-state index contributed by atoms with van der Waals surface area (Å²) in [6.45, 7) is 27.3. The third kappa shape index (κ3) is 7.78. The molecule has 0 spiro atoms. The van der Waals surface area contributed by atoms with Gasteiger partial charge in [0.2, 0.25) is 0 Å². The van der Waals surface area contributed by atoms with Crippen molar-refractivity contribution in [2.75, 3.05) is 0 Å². The van der Waals surface area contributed by atoms with Crippen LogP contribution in [0.5, 0.6) is 0 Å². The molecule has 2 rings (SSSR count). The summed E-state index contributed by atoms with van der Waals surface area (Å²) in [5, 5.41) is 0. The minimum Gasteiger partial charge on any atom is -0.213 e. The Hall–Kier alpha value is 0.0766. The van der Waals surface area contributed by atoms with Gasteiger partial charge >= 0.3 is 41.7 Å². The monoisotopic (exact) mass is 494 g/mol. The maximum absolute atomic E-state index is 2.28. The van der Waals surface area contributed by atoms with E-state index in [0.29, 0.717) is 0 Å². The molecule has 0 aliphatic carbocycles. The average molecular weight is 495 g/mol. The van der Waals surface area contributed by atoms with E-state index >= 15 is 0 Å². The number of rotatable bonds is 0. The molecule has 0 bridgehead atoms. The molecule has 0 saturated carbocycles. The molecule has 27 heavy (non-hydrogen) atoms. The van der Waals surface area contributed by atoms with Crippen molar-refractivity contribution in [2.24, 2.45) is 0 Å². The van der Waals surface area contributed by atoms with E-state index in [9.17, 15) is 0 Å². The maximum atomic E-state index is 2.28. The molecule has 0 saturated heterocycles. The van der Waals surface area contributed by atoms with Gasteiger partial charge < -0.3 is 0 Å². The molecule has 0 nitrogen and oxygen atoms in total. The van der Waals surface area contributed by atoms with Gasteiger partial charge in [-0.3, -0.25) is 0 Å². The summed E-state index contributed by atoms with van der Waals surface area (Å²) in [5.41, 5.74) is 7.02. The molecule has 2 aromatic rings. The van der Waals surface area contributed by atoms with Crippen LogP contribution in [0, 0.1) is 41.7 Å². The SMILES string of the molecule is CC(C)(C)c1ccc[c-]1C(C)(C)C.CC(C)(C)c1ccc[c-]1C(C)(C)C.[Ce+3]. The molecule has 0 unspecified atom stereocenters. The van der Waals surface area contributed by atoms with Crippen LogP contribution in [0.1, 0.15) is 105 Å². The first-order chi connectivity index (χ1) is 11.5. The van der Waals surface area contributed by atoms with Gasteiger partial charge in [0.1, 0.15) is 0 Å². The van der Waals surface area contributed by atoms with Crippen LogP contribution in [0.2, 0.25) is 0 Å². The summed E-state index contributed by atoms with van der Waals surface area (Å²) >= 11 is 0. The predicted octanol–water partition coefficient (Wildman–Crippen LogP) is 8.00. The van der Waals surface area contributed by atoms with Gasteiger partial charge in [-0.1, -0.05) is 93.9 Å². The third-order valence-electron chi connectivity index (χ3n) is 4.86. The Labute approximate surface area is 203 Å². The van der Waals surface area contributed by atoms with Crippen molar-refractivity contribution < 1.29 is 41.7 Å². The van der Waals surface area contributed by atoms with Crippen LogP contribution in [-0.4, -0.2) is 0 Å². The van der Waals surface area contributed by atoms with E-state index in [4.69, 9.17) is 0 Å². The molecule has 0 amide bonds. The van der Waals surface area contributed by atoms with Crippen LogP contribution in [0.3, 0.4) is 0 Å². The van der Waals surface area contributed by atoms with Crippen molar-refractivity contribution in [3.8, 4) is 0 Å². The molecule has 0 aliphatic heterocycles. The van der Waals surface area contributed by atoms with Crippen molar-refractivity contribution in [1.82, 2.24) is 0 Å². The standard InChI is InChI=1S/2C13H21.Ce/c2*1-12(2,3)10-8-7-9-11(10)13(4,5)6;/h2*7-9H,1-6H3;/q2*-1;+3. The second-order valence-corrected chi connectivity index (χ2v) is 11.7. The largest absolute Gasteiger partial charge is 3.00 e. The Morgan fingerprint density at radius 3 is 0.926 bits per heavy atom. The first-order valence-electron chi connectivity index (χ1n) is 9.99. The third-order valence-corrected chi connectivity index (χ3v) is 4.86. The summed E-state index contributed by atoms with van der Waals surface area (Å²) in [4.78, 5) is 0. The van der Waals surface area contributed by atoms with Crippen LogP contribution in [0.4, 0.5) is 0 Å². The topological polar surface area (TPSA) is 0 Å². The van der Waals surface area contributed by atoms with Gasteiger partial charge in [0.15, 0.2) is 0 Å². The fourth-order valence-corrected chi connectivity index (χ4v) is 3.46. The van der Waals surface area contributed by atoms with Crippen LogP contribution in [0.25, 0.3) is 0 Å². The fourth-order valence-electron chi connectivity index (χ4n) is 3.46. The molecule has 0 fully saturated rings. The molecular weight excluding hydrogens is 452 g/mol. The van der Waals surface area contributed by atoms with Crippen LogP contribution >= 0.6 is 0 Å². The zero-order valence-electron chi connectivity index (χ0n) is 20.0. The van der Waals surface area contributed by atoms with E-state index in [-0.39, 0.29) is 63.4 Å². The molecule has 0 heterocycles. The fraction of sp³-hybridized carbons (Fsp3) is 0.615. The Morgan fingerprint density at radius 2 is 0.778 bits per heavy atom. The van der Waals surface area contributed by atoms with Gasteiger partial charge in [-0.15, -0.1) is 11.1 Å². The molecule has 2 aromatic carbocycles.